The molecule has 6 nitrogen and oxygen atoms in total. The number of ether oxygens (including phenoxy) is 2. The van der Waals surface area contributed by atoms with E-state index in [9.17, 15) is 14.4 Å². The molecule has 1 N–H and O–H groups in total. The molecule has 0 radical (unpaired) electrons. The Labute approximate surface area is 162 Å². The van der Waals surface area contributed by atoms with Crippen LogP contribution in [0.4, 0.5) is 0 Å². The Morgan fingerprint density at radius 1 is 1.07 bits per heavy atom. The van der Waals surface area contributed by atoms with Crippen LogP contribution in [0, 0.1) is 6.92 Å². The van der Waals surface area contributed by atoms with Crippen molar-refractivity contribution in [3.63, 3.8) is 0 Å². The minimum atomic E-state index is -0.921. The molecule has 0 spiro atoms. The maximum atomic E-state index is 12.1. The fourth-order valence-corrected chi connectivity index (χ4v) is 3.14. The van der Waals surface area contributed by atoms with E-state index >= 15 is 0 Å². The SMILES string of the molecule is COc1ccc(CNC(=O)[C@H](C)OC(=O)CCC(=O)c2ccc(C)s2)cc1. The van der Waals surface area contributed by atoms with Crippen LogP contribution in [-0.4, -0.2) is 30.9 Å². The summed E-state index contributed by atoms with van der Waals surface area (Å²) < 4.78 is 10.2. The van der Waals surface area contributed by atoms with E-state index in [2.05, 4.69) is 5.32 Å². The summed E-state index contributed by atoms with van der Waals surface area (Å²) in [5, 5.41) is 2.71. The Kier molecular flexibility index (Phi) is 7.55. The zero-order valence-corrected chi connectivity index (χ0v) is 16.4. The van der Waals surface area contributed by atoms with Gasteiger partial charge < -0.3 is 14.8 Å². The number of amides is 1. The zero-order valence-electron chi connectivity index (χ0n) is 15.6. The van der Waals surface area contributed by atoms with Crippen molar-refractivity contribution < 1.29 is 23.9 Å². The molecule has 1 amide bonds. The van der Waals surface area contributed by atoms with E-state index in [0.717, 1.165) is 16.2 Å². The number of Topliss-reactive ketones (excluding diaryl/α,β-unsaturated/α-hetero) is 1. The Morgan fingerprint density at radius 3 is 2.37 bits per heavy atom. The number of hydrogen-bond acceptors (Lipinski definition) is 6. The van der Waals surface area contributed by atoms with Crippen LogP contribution in [-0.2, 0) is 20.9 Å². The van der Waals surface area contributed by atoms with Gasteiger partial charge in [0.2, 0.25) is 0 Å². The van der Waals surface area contributed by atoms with E-state index in [1.165, 1.54) is 18.3 Å². The second-order valence-electron chi connectivity index (χ2n) is 6.03. The van der Waals surface area contributed by atoms with Gasteiger partial charge in [-0.15, -0.1) is 11.3 Å². The van der Waals surface area contributed by atoms with Gasteiger partial charge in [0.1, 0.15) is 5.75 Å². The molecule has 0 fully saturated rings. The van der Waals surface area contributed by atoms with E-state index in [1.54, 1.807) is 25.3 Å². The van der Waals surface area contributed by atoms with Crippen molar-refractivity contribution in [1.82, 2.24) is 5.32 Å². The minimum Gasteiger partial charge on any atom is -0.497 e. The average molecular weight is 389 g/mol. The normalized spacial score (nSPS) is 11.5. The number of benzene rings is 1. The van der Waals surface area contributed by atoms with E-state index in [1.807, 2.05) is 25.1 Å². The number of nitrogens with one attached hydrogen (secondary N) is 1. The number of methoxy groups -OCH3 is 1. The fraction of sp³-hybridized carbons (Fsp3) is 0.350. The lowest BCUT2D eigenvalue weighted by Gasteiger charge is -2.13. The van der Waals surface area contributed by atoms with E-state index in [4.69, 9.17) is 9.47 Å². The fourth-order valence-electron chi connectivity index (χ4n) is 2.31. The smallest absolute Gasteiger partial charge is 0.307 e. The molecule has 0 aliphatic heterocycles. The lowest BCUT2D eigenvalue weighted by molar-refractivity contribution is -0.154. The number of carbonyl (C=O) groups excluding carboxylic acids is 3. The molecule has 0 unspecified atom stereocenters. The monoisotopic (exact) mass is 389 g/mol. The van der Waals surface area contributed by atoms with Gasteiger partial charge in [0, 0.05) is 17.8 Å². The number of carbonyl (C=O) groups is 3. The Hall–Kier alpha value is -2.67. The first-order valence-corrected chi connectivity index (χ1v) is 9.40. The minimum absolute atomic E-state index is 0.0497. The molecule has 1 aromatic carbocycles. The van der Waals surface area contributed by atoms with Crippen LogP contribution in [0.3, 0.4) is 0 Å². The van der Waals surface area contributed by atoms with Crippen LogP contribution in [0.15, 0.2) is 36.4 Å². The van der Waals surface area contributed by atoms with Gasteiger partial charge in [-0.1, -0.05) is 12.1 Å². The first kappa shape index (κ1) is 20.6. The van der Waals surface area contributed by atoms with Crippen LogP contribution in [0.1, 0.15) is 39.9 Å². The number of esters is 1. The highest BCUT2D eigenvalue weighted by Gasteiger charge is 2.19. The molecule has 1 aromatic heterocycles. The quantitative estimate of drug-likeness (QED) is 0.526. The van der Waals surface area contributed by atoms with Crippen molar-refractivity contribution in [2.24, 2.45) is 0 Å². The molecule has 0 saturated heterocycles. The second-order valence-corrected chi connectivity index (χ2v) is 7.32. The molecule has 0 bridgehead atoms. The van der Waals surface area contributed by atoms with Crippen molar-refractivity contribution in [3.8, 4) is 5.75 Å². The standard InChI is InChI=1S/C20H23NO5S/c1-13-4-10-18(27-13)17(22)9-11-19(23)26-14(2)20(24)21-12-15-5-7-16(25-3)8-6-15/h4-8,10,14H,9,11-12H2,1-3H3,(H,21,24)/t14-/m0/s1. The lowest BCUT2D eigenvalue weighted by Crippen LogP contribution is -2.35. The van der Waals surface area contributed by atoms with Crippen LogP contribution >= 0.6 is 11.3 Å². The molecule has 144 valence electrons. The Bertz CT molecular complexity index is 797. The number of hydrogen-bond donors (Lipinski definition) is 1. The van der Waals surface area contributed by atoms with Gasteiger partial charge in [0.25, 0.3) is 5.91 Å². The van der Waals surface area contributed by atoms with Crippen LogP contribution in [0.5, 0.6) is 5.75 Å². The molecule has 1 atom stereocenters. The number of rotatable bonds is 9. The van der Waals surface area contributed by atoms with E-state index in [0.29, 0.717) is 11.4 Å². The van der Waals surface area contributed by atoms with Crippen molar-refractivity contribution in [2.45, 2.75) is 39.3 Å². The third-order valence-corrected chi connectivity index (χ3v) is 4.92. The first-order chi connectivity index (χ1) is 12.9. The molecule has 1 heterocycles. The number of aryl methyl sites for hydroxylation is 1. The summed E-state index contributed by atoms with van der Waals surface area (Å²) in [6, 6.07) is 10.9. The maximum absolute atomic E-state index is 12.1. The summed E-state index contributed by atoms with van der Waals surface area (Å²) in [4.78, 5) is 37.6. The number of ketones is 1. The molecule has 7 heteroatoms. The van der Waals surface area contributed by atoms with Gasteiger partial charge in [0.15, 0.2) is 11.9 Å². The Morgan fingerprint density at radius 2 is 1.78 bits per heavy atom. The van der Waals surface area contributed by atoms with Gasteiger partial charge in [0.05, 0.1) is 18.4 Å². The molecule has 27 heavy (non-hydrogen) atoms. The predicted molar refractivity (Wildman–Crippen MR) is 103 cm³/mol. The second kappa shape index (κ2) is 9.87. The molecule has 0 aliphatic carbocycles. The van der Waals surface area contributed by atoms with Crippen molar-refractivity contribution in [3.05, 3.63) is 51.7 Å². The molecule has 2 rings (SSSR count). The van der Waals surface area contributed by atoms with Crippen molar-refractivity contribution >= 4 is 29.0 Å². The van der Waals surface area contributed by atoms with Crippen LogP contribution < -0.4 is 10.1 Å². The third-order valence-electron chi connectivity index (χ3n) is 3.87. The molecular weight excluding hydrogens is 366 g/mol. The zero-order chi connectivity index (χ0) is 19.8. The van der Waals surface area contributed by atoms with E-state index < -0.39 is 12.1 Å². The highest BCUT2D eigenvalue weighted by molar-refractivity contribution is 7.14. The van der Waals surface area contributed by atoms with Crippen molar-refractivity contribution in [1.29, 1.82) is 0 Å². The summed E-state index contributed by atoms with van der Waals surface area (Å²) in [7, 11) is 1.59. The van der Waals surface area contributed by atoms with Crippen LogP contribution in [0.2, 0.25) is 0 Å². The first-order valence-electron chi connectivity index (χ1n) is 8.59. The van der Waals surface area contributed by atoms with Gasteiger partial charge in [-0.3, -0.25) is 14.4 Å². The topological polar surface area (TPSA) is 81.7 Å². The summed E-state index contributed by atoms with van der Waals surface area (Å²) in [6.07, 6.45) is -0.903. The van der Waals surface area contributed by atoms with Gasteiger partial charge in [-0.2, -0.15) is 0 Å². The van der Waals surface area contributed by atoms with E-state index in [-0.39, 0.29) is 24.5 Å². The summed E-state index contributed by atoms with van der Waals surface area (Å²) >= 11 is 1.40. The van der Waals surface area contributed by atoms with Crippen LogP contribution in [0.25, 0.3) is 0 Å². The average Bonchev–Trinajstić information content (AvgIpc) is 3.11. The maximum Gasteiger partial charge on any atom is 0.307 e. The summed E-state index contributed by atoms with van der Waals surface area (Å²) in [5.41, 5.74) is 0.902. The predicted octanol–water partition coefficient (Wildman–Crippen LogP) is 3.28. The van der Waals surface area contributed by atoms with Gasteiger partial charge in [-0.05, 0) is 43.7 Å². The summed E-state index contributed by atoms with van der Waals surface area (Å²) in [5.74, 6) is -0.315. The van der Waals surface area contributed by atoms with Gasteiger partial charge >= 0.3 is 5.97 Å². The molecule has 0 saturated carbocycles. The lowest BCUT2D eigenvalue weighted by atomic mass is 10.2. The largest absolute Gasteiger partial charge is 0.497 e. The van der Waals surface area contributed by atoms with Gasteiger partial charge in [-0.25, -0.2) is 0 Å². The molecule has 2 aromatic rings. The molecule has 0 aliphatic rings. The highest BCUT2D eigenvalue weighted by Crippen LogP contribution is 2.17. The Balaban J connectivity index is 1.72. The van der Waals surface area contributed by atoms with Crippen molar-refractivity contribution in [2.75, 3.05) is 7.11 Å². The third kappa shape index (κ3) is 6.53. The molecular formula is C20H23NO5S. The highest BCUT2D eigenvalue weighted by atomic mass is 32.1. The summed E-state index contributed by atoms with van der Waals surface area (Å²) in [6.45, 7) is 3.74. The number of thiophene rings is 1.